The zero-order valence-corrected chi connectivity index (χ0v) is 11.5. The summed E-state index contributed by atoms with van der Waals surface area (Å²) in [6, 6.07) is 0.0471. The number of fused-ring (bicyclic) bond motifs is 1. The Balaban J connectivity index is 1.84. The molecule has 0 spiro atoms. The number of aromatic nitrogens is 4. The summed E-state index contributed by atoms with van der Waals surface area (Å²) in [7, 11) is 0. The molecule has 0 aromatic carbocycles. The van der Waals surface area contributed by atoms with Crippen molar-refractivity contribution >= 4 is 16.3 Å². The van der Waals surface area contributed by atoms with Gasteiger partial charge in [0.05, 0.1) is 6.04 Å². The largest absolute Gasteiger partial charge is 0.322 e. The maximum atomic E-state index is 6.16. The van der Waals surface area contributed by atoms with Crippen LogP contribution in [0.4, 0.5) is 0 Å². The lowest BCUT2D eigenvalue weighted by molar-refractivity contribution is 0.394. The molecule has 6 heteroatoms. The van der Waals surface area contributed by atoms with Gasteiger partial charge < -0.3 is 5.73 Å². The maximum absolute atomic E-state index is 6.16. The van der Waals surface area contributed by atoms with Crippen molar-refractivity contribution in [2.75, 3.05) is 0 Å². The van der Waals surface area contributed by atoms with Crippen molar-refractivity contribution in [3.63, 3.8) is 0 Å². The van der Waals surface area contributed by atoms with Crippen molar-refractivity contribution in [1.82, 2.24) is 19.8 Å². The van der Waals surface area contributed by atoms with Gasteiger partial charge in [0.25, 0.3) is 0 Å². The maximum Gasteiger partial charge on any atom is 0.234 e. The van der Waals surface area contributed by atoms with Gasteiger partial charge in [-0.3, -0.25) is 0 Å². The monoisotopic (exact) mass is 265 g/mol. The molecular formula is C12H19N5S. The van der Waals surface area contributed by atoms with Crippen LogP contribution < -0.4 is 5.73 Å². The van der Waals surface area contributed by atoms with Gasteiger partial charge in [0, 0.05) is 5.92 Å². The molecule has 1 atom stereocenters. The fraction of sp³-hybridized carbons (Fsp3) is 0.750. The minimum absolute atomic E-state index is 0.0471. The third-order valence-electron chi connectivity index (χ3n) is 3.69. The summed E-state index contributed by atoms with van der Waals surface area (Å²) < 4.78 is 1.91. The van der Waals surface area contributed by atoms with Crippen molar-refractivity contribution in [3.8, 4) is 0 Å². The lowest BCUT2D eigenvalue weighted by Gasteiger charge is -2.22. The summed E-state index contributed by atoms with van der Waals surface area (Å²) >= 11 is 1.58. The predicted octanol–water partition coefficient (Wildman–Crippen LogP) is 2.64. The zero-order chi connectivity index (χ0) is 12.5. The van der Waals surface area contributed by atoms with E-state index in [1.54, 1.807) is 11.3 Å². The second-order valence-corrected chi connectivity index (χ2v) is 6.06. The summed E-state index contributed by atoms with van der Waals surface area (Å²) in [4.78, 5) is 0.888. The highest BCUT2D eigenvalue weighted by molar-refractivity contribution is 7.16. The lowest BCUT2D eigenvalue weighted by atomic mass is 9.85. The highest BCUT2D eigenvalue weighted by atomic mass is 32.1. The molecule has 1 aliphatic rings. The molecule has 3 rings (SSSR count). The summed E-state index contributed by atoms with van der Waals surface area (Å²) in [6.45, 7) is 2.18. The summed E-state index contributed by atoms with van der Waals surface area (Å²) in [5, 5.41) is 14.1. The van der Waals surface area contributed by atoms with E-state index in [0.717, 1.165) is 28.6 Å². The molecule has 0 saturated heterocycles. The predicted molar refractivity (Wildman–Crippen MR) is 71.7 cm³/mol. The van der Waals surface area contributed by atoms with Crippen LogP contribution in [0, 0.1) is 0 Å². The Morgan fingerprint density at radius 2 is 2.28 bits per heavy atom. The number of nitrogens with zero attached hydrogens (tertiary/aromatic N) is 4. The minimum Gasteiger partial charge on any atom is -0.322 e. The number of hydrogen-bond donors (Lipinski definition) is 1. The van der Waals surface area contributed by atoms with Crippen LogP contribution in [0.25, 0.3) is 4.96 Å². The van der Waals surface area contributed by atoms with E-state index in [1.807, 2.05) is 4.52 Å². The first-order valence-corrected chi connectivity index (χ1v) is 7.59. The SMILES string of the molecule is CCCCC(N)c1nn2c(C3CCC3)nnc2s1. The van der Waals surface area contributed by atoms with Crippen molar-refractivity contribution < 1.29 is 0 Å². The molecule has 18 heavy (non-hydrogen) atoms. The third kappa shape index (κ3) is 2.03. The number of hydrogen-bond acceptors (Lipinski definition) is 5. The topological polar surface area (TPSA) is 69.1 Å². The van der Waals surface area contributed by atoms with E-state index in [-0.39, 0.29) is 6.04 Å². The Kier molecular flexibility index (Phi) is 3.30. The van der Waals surface area contributed by atoms with Gasteiger partial charge in [-0.15, -0.1) is 10.2 Å². The standard InChI is InChI=1S/C12H19N5S/c1-2-3-7-9(13)11-16-17-10(8-5-4-6-8)14-15-12(17)18-11/h8-9H,2-7,13H2,1H3. The van der Waals surface area contributed by atoms with Crippen LogP contribution in [0.3, 0.4) is 0 Å². The molecule has 1 fully saturated rings. The summed E-state index contributed by atoms with van der Waals surface area (Å²) in [6.07, 6.45) is 7.05. The van der Waals surface area contributed by atoms with Gasteiger partial charge in [0.1, 0.15) is 5.01 Å². The van der Waals surface area contributed by atoms with Gasteiger partial charge >= 0.3 is 0 Å². The molecule has 2 heterocycles. The zero-order valence-electron chi connectivity index (χ0n) is 10.7. The first-order chi connectivity index (χ1) is 8.79. The Morgan fingerprint density at radius 1 is 1.44 bits per heavy atom. The normalized spacial score (nSPS) is 18.1. The van der Waals surface area contributed by atoms with Crippen LogP contribution in [0.5, 0.6) is 0 Å². The Morgan fingerprint density at radius 3 is 2.94 bits per heavy atom. The average Bonchev–Trinajstić information content (AvgIpc) is 2.85. The summed E-state index contributed by atoms with van der Waals surface area (Å²) in [5.41, 5.74) is 6.16. The van der Waals surface area contributed by atoms with Gasteiger partial charge in [-0.25, -0.2) is 0 Å². The molecule has 0 bridgehead atoms. The van der Waals surface area contributed by atoms with E-state index in [0.29, 0.717) is 5.92 Å². The third-order valence-corrected chi connectivity index (χ3v) is 4.72. The van der Waals surface area contributed by atoms with E-state index < -0.39 is 0 Å². The average molecular weight is 265 g/mol. The molecule has 1 aliphatic carbocycles. The van der Waals surface area contributed by atoms with Crippen molar-refractivity contribution in [3.05, 3.63) is 10.8 Å². The Hall–Kier alpha value is -1.01. The van der Waals surface area contributed by atoms with E-state index in [1.165, 1.54) is 25.7 Å². The first-order valence-electron chi connectivity index (χ1n) is 6.77. The molecule has 0 amide bonds. The Bertz CT molecular complexity index is 528. The highest BCUT2D eigenvalue weighted by Gasteiger charge is 2.26. The van der Waals surface area contributed by atoms with Crippen molar-refractivity contribution in [2.45, 2.75) is 57.4 Å². The minimum atomic E-state index is 0.0471. The van der Waals surface area contributed by atoms with Crippen LogP contribution in [0.1, 0.15) is 68.2 Å². The fourth-order valence-electron chi connectivity index (χ4n) is 2.27. The molecule has 5 nitrogen and oxygen atoms in total. The van der Waals surface area contributed by atoms with Gasteiger partial charge in [-0.2, -0.15) is 9.61 Å². The van der Waals surface area contributed by atoms with Gasteiger partial charge in [-0.1, -0.05) is 37.5 Å². The highest BCUT2D eigenvalue weighted by Crippen LogP contribution is 2.36. The molecular weight excluding hydrogens is 246 g/mol. The van der Waals surface area contributed by atoms with Crippen LogP contribution in [0.2, 0.25) is 0 Å². The number of unbranched alkanes of at least 4 members (excludes halogenated alkanes) is 1. The van der Waals surface area contributed by atoms with E-state index in [4.69, 9.17) is 5.73 Å². The second kappa shape index (κ2) is 4.93. The van der Waals surface area contributed by atoms with Gasteiger partial charge in [0.15, 0.2) is 5.82 Å². The van der Waals surface area contributed by atoms with E-state index in [9.17, 15) is 0 Å². The molecule has 1 unspecified atom stereocenters. The van der Waals surface area contributed by atoms with Crippen LogP contribution >= 0.6 is 11.3 Å². The molecule has 1 saturated carbocycles. The fourth-order valence-corrected chi connectivity index (χ4v) is 3.15. The first kappa shape index (κ1) is 12.0. The molecule has 0 aliphatic heterocycles. The van der Waals surface area contributed by atoms with Crippen molar-refractivity contribution in [2.24, 2.45) is 5.73 Å². The van der Waals surface area contributed by atoms with E-state index in [2.05, 4.69) is 22.2 Å². The molecule has 2 N–H and O–H groups in total. The van der Waals surface area contributed by atoms with Gasteiger partial charge in [-0.05, 0) is 19.3 Å². The van der Waals surface area contributed by atoms with Crippen LogP contribution in [-0.4, -0.2) is 19.8 Å². The molecule has 2 aromatic rings. The van der Waals surface area contributed by atoms with Crippen LogP contribution in [0.15, 0.2) is 0 Å². The molecule has 0 radical (unpaired) electrons. The molecule has 98 valence electrons. The van der Waals surface area contributed by atoms with E-state index >= 15 is 0 Å². The number of rotatable bonds is 5. The van der Waals surface area contributed by atoms with Crippen molar-refractivity contribution in [1.29, 1.82) is 0 Å². The Labute approximate surface area is 110 Å². The number of nitrogens with two attached hydrogens (primary N) is 1. The second-order valence-electron chi connectivity index (χ2n) is 5.07. The van der Waals surface area contributed by atoms with Gasteiger partial charge in [0.2, 0.25) is 4.96 Å². The lowest BCUT2D eigenvalue weighted by Crippen LogP contribution is -2.14. The van der Waals surface area contributed by atoms with Crippen LogP contribution in [-0.2, 0) is 0 Å². The quantitative estimate of drug-likeness (QED) is 0.902. The molecule has 2 aromatic heterocycles. The summed E-state index contributed by atoms with van der Waals surface area (Å²) in [5.74, 6) is 1.59. The smallest absolute Gasteiger partial charge is 0.234 e.